The van der Waals surface area contributed by atoms with E-state index in [1.165, 1.54) is 0 Å². The molecule has 0 fully saturated rings. The van der Waals surface area contributed by atoms with E-state index in [-0.39, 0.29) is 0 Å². The van der Waals surface area contributed by atoms with Gasteiger partial charge in [0.05, 0.1) is 17.0 Å². The van der Waals surface area contributed by atoms with E-state index in [1.54, 1.807) is 18.0 Å². The van der Waals surface area contributed by atoms with Crippen molar-refractivity contribution in [3.63, 3.8) is 0 Å². The highest BCUT2D eigenvalue weighted by Crippen LogP contribution is 2.20. The molecule has 2 aromatic rings. The Hall–Kier alpha value is -1.22. The molecule has 2 aromatic heterocycles. The summed E-state index contributed by atoms with van der Waals surface area (Å²) in [6.07, 6.45) is 1.69. The van der Waals surface area contributed by atoms with Crippen LogP contribution in [-0.2, 0) is 5.75 Å². The molecule has 0 radical (unpaired) electrons. The molecule has 0 atom stereocenters. The maximum atomic E-state index is 5.24. The zero-order valence-electron chi connectivity index (χ0n) is 7.93. The molecule has 14 heavy (non-hydrogen) atoms. The summed E-state index contributed by atoms with van der Waals surface area (Å²) in [5, 5.41) is 1.04. The number of aromatic nitrogens is 1. The number of thioether (sulfide) groups is 1. The average molecular weight is 205 g/mol. The van der Waals surface area contributed by atoms with Crippen LogP contribution in [0.3, 0.4) is 0 Å². The molecular formula is C11H11NOS. The lowest BCUT2D eigenvalue weighted by molar-refractivity contribution is 0.530. The highest BCUT2D eigenvalue weighted by molar-refractivity contribution is 7.98. The van der Waals surface area contributed by atoms with E-state index in [0.717, 1.165) is 22.2 Å². The number of pyridine rings is 1. The molecule has 2 heterocycles. The Labute approximate surface area is 87.4 Å². The van der Waals surface area contributed by atoms with E-state index < -0.39 is 0 Å². The lowest BCUT2D eigenvalue weighted by atomic mass is 10.4. The van der Waals surface area contributed by atoms with E-state index in [1.807, 2.05) is 37.3 Å². The Bertz CT molecular complexity index is 397. The van der Waals surface area contributed by atoms with Crippen LogP contribution < -0.4 is 0 Å². The zero-order valence-corrected chi connectivity index (χ0v) is 8.75. The summed E-state index contributed by atoms with van der Waals surface area (Å²) in [7, 11) is 0. The summed E-state index contributed by atoms with van der Waals surface area (Å²) in [5.74, 6) is 1.82. The van der Waals surface area contributed by atoms with Gasteiger partial charge >= 0.3 is 0 Å². The van der Waals surface area contributed by atoms with Gasteiger partial charge in [-0.3, -0.25) is 0 Å². The van der Waals surface area contributed by atoms with Crippen molar-refractivity contribution in [2.45, 2.75) is 17.7 Å². The molecule has 0 unspecified atom stereocenters. The van der Waals surface area contributed by atoms with Gasteiger partial charge < -0.3 is 4.42 Å². The van der Waals surface area contributed by atoms with Crippen molar-refractivity contribution in [2.24, 2.45) is 0 Å². The maximum Gasteiger partial charge on any atom is 0.114 e. The Morgan fingerprint density at radius 1 is 1.29 bits per heavy atom. The van der Waals surface area contributed by atoms with E-state index in [2.05, 4.69) is 4.98 Å². The number of nitrogens with zero attached hydrogens (tertiary/aromatic N) is 1. The monoisotopic (exact) mass is 205 g/mol. The van der Waals surface area contributed by atoms with Gasteiger partial charge in [0.25, 0.3) is 0 Å². The number of furan rings is 1. The summed E-state index contributed by atoms with van der Waals surface area (Å²) in [4.78, 5) is 4.39. The lowest BCUT2D eigenvalue weighted by Gasteiger charge is -1.99. The van der Waals surface area contributed by atoms with Crippen LogP contribution in [-0.4, -0.2) is 4.98 Å². The van der Waals surface area contributed by atoms with Crippen LogP contribution in [0.2, 0.25) is 0 Å². The number of hydrogen-bond acceptors (Lipinski definition) is 3. The SMILES string of the molecule is Cc1cccc(SCc2ccco2)n1. The molecule has 3 heteroatoms. The van der Waals surface area contributed by atoms with Crippen molar-refractivity contribution in [3.8, 4) is 0 Å². The fourth-order valence-corrected chi connectivity index (χ4v) is 1.98. The predicted molar refractivity (Wildman–Crippen MR) is 57.2 cm³/mol. The minimum Gasteiger partial charge on any atom is -0.468 e. The van der Waals surface area contributed by atoms with Crippen LogP contribution >= 0.6 is 11.8 Å². The van der Waals surface area contributed by atoms with Gasteiger partial charge in [0.2, 0.25) is 0 Å². The first-order chi connectivity index (χ1) is 6.84. The molecule has 0 aliphatic heterocycles. The van der Waals surface area contributed by atoms with Gasteiger partial charge in [-0.2, -0.15) is 0 Å². The number of hydrogen-bond donors (Lipinski definition) is 0. The lowest BCUT2D eigenvalue weighted by Crippen LogP contribution is -1.83. The zero-order chi connectivity index (χ0) is 9.80. The molecule has 72 valence electrons. The molecule has 0 amide bonds. The molecule has 0 saturated heterocycles. The normalized spacial score (nSPS) is 10.4. The van der Waals surface area contributed by atoms with Gasteiger partial charge in [-0.25, -0.2) is 4.98 Å². The topological polar surface area (TPSA) is 26.0 Å². The maximum absolute atomic E-state index is 5.24. The molecule has 0 bridgehead atoms. The van der Waals surface area contributed by atoms with Gasteiger partial charge in [0.1, 0.15) is 5.76 Å². The first-order valence-corrected chi connectivity index (χ1v) is 5.42. The highest BCUT2D eigenvalue weighted by Gasteiger charge is 1.99. The standard InChI is InChI=1S/C11H11NOS/c1-9-4-2-6-11(12-9)14-8-10-5-3-7-13-10/h2-7H,8H2,1H3. The first kappa shape index (κ1) is 9.34. The molecule has 0 saturated carbocycles. The number of aryl methyl sites for hydroxylation is 1. The Balaban J connectivity index is 1.98. The van der Waals surface area contributed by atoms with Gasteiger partial charge in [0.15, 0.2) is 0 Å². The van der Waals surface area contributed by atoms with Crippen molar-refractivity contribution in [1.82, 2.24) is 4.98 Å². The average Bonchev–Trinajstić information content (AvgIpc) is 2.67. The fraction of sp³-hybridized carbons (Fsp3) is 0.182. The molecule has 0 aromatic carbocycles. The molecular weight excluding hydrogens is 194 g/mol. The molecule has 2 nitrogen and oxygen atoms in total. The van der Waals surface area contributed by atoms with Crippen LogP contribution in [0.5, 0.6) is 0 Å². The summed E-state index contributed by atoms with van der Waals surface area (Å²) < 4.78 is 5.24. The third-order valence-corrected chi connectivity index (χ3v) is 2.76. The van der Waals surface area contributed by atoms with E-state index >= 15 is 0 Å². The Morgan fingerprint density at radius 3 is 2.93 bits per heavy atom. The van der Waals surface area contributed by atoms with Gasteiger partial charge in [-0.15, -0.1) is 0 Å². The minimum absolute atomic E-state index is 0.837. The highest BCUT2D eigenvalue weighted by atomic mass is 32.2. The van der Waals surface area contributed by atoms with Gasteiger partial charge in [-0.1, -0.05) is 17.8 Å². The van der Waals surface area contributed by atoms with Crippen molar-refractivity contribution in [3.05, 3.63) is 48.0 Å². The quantitative estimate of drug-likeness (QED) is 0.719. The van der Waals surface area contributed by atoms with Gasteiger partial charge in [0, 0.05) is 5.69 Å². The Kier molecular flexibility index (Phi) is 2.89. The van der Waals surface area contributed by atoms with E-state index in [9.17, 15) is 0 Å². The molecule has 0 aliphatic carbocycles. The van der Waals surface area contributed by atoms with Crippen molar-refractivity contribution in [2.75, 3.05) is 0 Å². The first-order valence-electron chi connectivity index (χ1n) is 4.43. The summed E-state index contributed by atoms with van der Waals surface area (Å²) >= 11 is 1.69. The third kappa shape index (κ3) is 2.39. The molecule has 0 N–H and O–H groups in total. The van der Waals surface area contributed by atoms with Crippen LogP contribution in [0.1, 0.15) is 11.5 Å². The minimum atomic E-state index is 0.837. The second-order valence-electron chi connectivity index (χ2n) is 2.99. The van der Waals surface area contributed by atoms with Crippen LogP contribution in [0.4, 0.5) is 0 Å². The largest absolute Gasteiger partial charge is 0.468 e. The summed E-state index contributed by atoms with van der Waals surface area (Å²) in [5.41, 5.74) is 1.05. The predicted octanol–water partition coefficient (Wildman–Crippen LogP) is 3.28. The second kappa shape index (κ2) is 4.33. The van der Waals surface area contributed by atoms with E-state index in [0.29, 0.717) is 0 Å². The summed E-state index contributed by atoms with van der Waals surface area (Å²) in [6.45, 7) is 2.00. The number of rotatable bonds is 3. The Morgan fingerprint density at radius 2 is 2.21 bits per heavy atom. The molecule has 2 rings (SSSR count). The fourth-order valence-electron chi connectivity index (χ4n) is 1.14. The van der Waals surface area contributed by atoms with Gasteiger partial charge in [-0.05, 0) is 31.2 Å². The third-order valence-electron chi connectivity index (χ3n) is 1.81. The van der Waals surface area contributed by atoms with Crippen molar-refractivity contribution in [1.29, 1.82) is 0 Å². The van der Waals surface area contributed by atoms with Crippen LogP contribution in [0.25, 0.3) is 0 Å². The van der Waals surface area contributed by atoms with Crippen LogP contribution in [0, 0.1) is 6.92 Å². The van der Waals surface area contributed by atoms with Crippen LogP contribution in [0.15, 0.2) is 46.0 Å². The smallest absolute Gasteiger partial charge is 0.114 e. The van der Waals surface area contributed by atoms with E-state index in [4.69, 9.17) is 4.42 Å². The van der Waals surface area contributed by atoms with Crippen molar-refractivity contribution < 1.29 is 4.42 Å². The molecule has 0 spiro atoms. The second-order valence-corrected chi connectivity index (χ2v) is 3.98. The van der Waals surface area contributed by atoms with Crippen molar-refractivity contribution >= 4 is 11.8 Å². The summed E-state index contributed by atoms with van der Waals surface area (Å²) in [6, 6.07) is 9.91. The molecule has 0 aliphatic rings.